The molecule has 0 saturated heterocycles. The fourth-order valence-electron chi connectivity index (χ4n) is 3.48. The van der Waals surface area contributed by atoms with Gasteiger partial charge in [0.1, 0.15) is 28.7 Å². The van der Waals surface area contributed by atoms with Crippen molar-refractivity contribution in [2.45, 2.75) is 6.18 Å². The second-order valence-corrected chi connectivity index (χ2v) is 7.39. The minimum atomic E-state index is -4.97. The highest BCUT2D eigenvalue weighted by molar-refractivity contribution is 6.34. The number of carboxylic acid groups (broad SMARTS) is 1. The van der Waals surface area contributed by atoms with Crippen molar-refractivity contribution in [3.05, 3.63) is 87.7 Å². The number of nitrogens with zero attached hydrogens (tertiary/aromatic N) is 2. The third-order valence-corrected chi connectivity index (χ3v) is 5.23. The van der Waals surface area contributed by atoms with Crippen LogP contribution in [-0.4, -0.2) is 26.8 Å². The molecule has 1 N–H and O–H groups in total. The van der Waals surface area contributed by atoms with E-state index < -0.39 is 73.9 Å². The van der Waals surface area contributed by atoms with E-state index in [1.165, 1.54) is 0 Å². The fraction of sp³-hybridized carbons (Fsp3) is 0.0455. The number of benzene rings is 3. The summed E-state index contributed by atoms with van der Waals surface area (Å²) in [5, 5.41) is 11.8. The first-order valence-electron chi connectivity index (χ1n) is 9.22. The number of carbonyl (C=O) groups excluding carboxylic acids is 1. The van der Waals surface area contributed by atoms with E-state index in [0.717, 1.165) is 30.3 Å². The van der Waals surface area contributed by atoms with Crippen LogP contribution in [0.2, 0.25) is 5.02 Å². The lowest BCUT2D eigenvalue weighted by atomic mass is 10.0. The molecule has 1 aromatic heterocycles. The van der Waals surface area contributed by atoms with Crippen molar-refractivity contribution >= 4 is 34.4 Å². The number of fused-ring (bicyclic) bond motifs is 1. The average molecular weight is 499 g/mol. The van der Waals surface area contributed by atoms with Crippen molar-refractivity contribution in [3.8, 4) is 11.3 Å². The molecule has 0 aliphatic carbocycles. The van der Waals surface area contributed by atoms with Gasteiger partial charge in [-0.25, -0.2) is 18.0 Å². The minimum Gasteiger partial charge on any atom is -0.477 e. The topological polar surface area (TPSA) is 72.2 Å². The average Bonchev–Trinajstić information content (AvgIpc) is 3.13. The van der Waals surface area contributed by atoms with Crippen molar-refractivity contribution in [1.29, 1.82) is 0 Å². The van der Waals surface area contributed by atoms with Crippen LogP contribution in [0.1, 0.15) is 26.3 Å². The van der Waals surface area contributed by atoms with Crippen LogP contribution in [0.15, 0.2) is 48.5 Å². The lowest BCUT2D eigenvalue weighted by Gasteiger charge is -2.13. The molecule has 5 nitrogen and oxygen atoms in total. The zero-order valence-electron chi connectivity index (χ0n) is 16.4. The Morgan fingerprint density at radius 2 is 1.53 bits per heavy atom. The first kappa shape index (κ1) is 23.3. The van der Waals surface area contributed by atoms with Crippen LogP contribution in [-0.2, 0) is 6.18 Å². The van der Waals surface area contributed by atoms with E-state index in [2.05, 4.69) is 5.10 Å². The number of hydrogen-bond donors (Lipinski definition) is 1. The molecule has 34 heavy (non-hydrogen) atoms. The molecule has 0 fully saturated rings. The monoisotopic (exact) mass is 498 g/mol. The number of hydrogen-bond acceptors (Lipinski definition) is 3. The number of aromatic carboxylic acids is 1. The smallest absolute Gasteiger partial charge is 0.417 e. The Balaban J connectivity index is 2.01. The van der Waals surface area contributed by atoms with Gasteiger partial charge in [0.15, 0.2) is 0 Å². The van der Waals surface area contributed by atoms with Crippen LogP contribution in [0.25, 0.3) is 22.2 Å². The molecule has 1 heterocycles. The fourth-order valence-corrected chi connectivity index (χ4v) is 3.74. The molecule has 0 aliphatic rings. The van der Waals surface area contributed by atoms with Gasteiger partial charge in [0.25, 0.3) is 5.91 Å². The summed E-state index contributed by atoms with van der Waals surface area (Å²) in [5.74, 6) is -7.26. The van der Waals surface area contributed by atoms with Crippen LogP contribution < -0.4 is 0 Å². The number of rotatable bonds is 3. The standard InChI is InChI=1S/C22H9ClF6N2O3/c23-11-4-1-3-10(22(27,28)29)16(11)20(32)31-15-6-2-5-12(24)18(15)19(30-31)9-7-13(25)17(21(33)34)14(26)8-9/h1-8H,(H,33,34). The highest BCUT2D eigenvalue weighted by Crippen LogP contribution is 2.37. The van der Waals surface area contributed by atoms with Crippen LogP contribution >= 0.6 is 11.6 Å². The maximum Gasteiger partial charge on any atom is 0.417 e. The number of halogens is 7. The second kappa shape index (κ2) is 8.17. The van der Waals surface area contributed by atoms with E-state index in [4.69, 9.17) is 16.7 Å². The molecule has 12 heteroatoms. The molecule has 3 aromatic carbocycles. The van der Waals surface area contributed by atoms with E-state index in [9.17, 15) is 35.9 Å². The maximum absolute atomic E-state index is 14.7. The Morgan fingerprint density at radius 1 is 0.912 bits per heavy atom. The quantitative estimate of drug-likeness (QED) is 0.342. The molecule has 4 aromatic rings. The van der Waals surface area contributed by atoms with E-state index in [-0.39, 0.29) is 5.52 Å². The summed E-state index contributed by atoms with van der Waals surface area (Å²) in [6.07, 6.45) is -4.97. The molecule has 0 spiro atoms. The van der Waals surface area contributed by atoms with Gasteiger partial charge in [-0.05, 0) is 36.4 Å². The summed E-state index contributed by atoms with van der Waals surface area (Å²) in [5.41, 5.74) is -4.86. The molecule has 0 aliphatic heterocycles. The molecule has 0 radical (unpaired) electrons. The minimum absolute atomic E-state index is 0.309. The normalized spacial score (nSPS) is 11.7. The Hall–Kier alpha value is -3.86. The molecule has 0 bridgehead atoms. The lowest BCUT2D eigenvalue weighted by molar-refractivity contribution is -0.137. The number of alkyl halides is 3. The maximum atomic E-state index is 14.7. The van der Waals surface area contributed by atoms with Gasteiger partial charge >= 0.3 is 12.1 Å². The summed E-state index contributed by atoms with van der Waals surface area (Å²) in [6, 6.07) is 7.04. The Kier molecular flexibility index (Phi) is 5.60. The Bertz CT molecular complexity index is 1470. The zero-order valence-corrected chi connectivity index (χ0v) is 17.2. The van der Waals surface area contributed by atoms with Crippen molar-refractivity contribution in [3.63, 3.8) is 0 Å². The number of aromatic nitrogens is 2. The van der Waals surface area contributed by atoms with Gasteiger partial charge in [-0.15, -0.1) is 0 Å². The summed E-state index contributed by atoms with van der Waals surface area (Å²) in [6.45, 7) is 0. The number of carbonyl (C=O) groups is 2. The van der Waals surface area contributed by atoms with Crippen LogP contribution in [0.5, 0.6) is 0 Å². The molecular formula is C22H9ClF6N2O3. The van der Waals surface area contributed by atoms with E-state index in [1.54, 1.807) is 0 Å². The van der Waals surface area contributed by atoms with Gasteiger partial charge in [0, 0.05) is 5.56 Å². The van der Waals surface area contributed by atoms with E-state index in [1.807, 2.05) is 0 Å². The molecule has 0 unspecified atom stereocenters. The van der Waals surface area contributed by atoms with Gasteiger partial charge < -0.3 is 5.11 Å². The van der Waals surface area contributed by atoms with Crippen molar-refractivity contribution in [2.75, 3.05) is 0 Å². The summed E-state index contributed by atoms with van der Waals surface area (Å²) >= 11 is 5.88. The molecule has 0 amide bonds. The van der Waals surface area contributed by atoms with Gasteiger partial charge in [0.2, 0.25) is 0 Å². The van der Waals surface area contributed by atoms with Crippen molar-refractivity contribution in [2.24, 2.45) is 0 Å². The Labute approximate surface area is 190 Å². The van der Waals surface area contributed by atoms with E-state index in [0.29, 0.717) is 22.9 Å². The van der Waals surface area contributed by atoms with Gasteiger partial charge in [-0.1, -0.05) is 23.7 Å². The predicted molar refractivity (Wildman–Crippen MR) is 108 cm³/mol. The molecule has 0 saturated carbocycles. The van der Waals surface area contributed by atoms with Gasteiger partial charge in [0.05, 0.1) is 27.1 Å². The highest BCUT2D eigenvalue weighted by atomic mass is 35.5. The molecular weight excluding hydrogens is 490 g/mol. The summed E-state index contributed by atoms with van der Waals surface area (Å²) in [4.78, 5) is 24.2. The Morgan fingerprint density at radius 3 is 2.12 bits per heavy atom. The second-order valence-electron chi connectivity index (χ2n) is 6.98. The summed E-state index contributed by atoms with van der Waals surface area (Å²) in [7, 11) is 0. The van der Waals surface area contributed by atoms with Gasteiger partial charge in [-0.3, -0.25) is 4.79 Å². The largest absolute Gasteiger partial charge is 0.477 e. The summed E-state index contributed by atoms with van der Waals surface area (Å²) < 4.78 is 84.2. The third kappa shape index (κ3) is 3.77. The van der Waals surface area contributed by atoms with Crippen molar-refractivity contribution < 1.29 is 41.0 Å². The molecule has 0 atom stereocenters. The van der Waals surface area contributed by atoms with E-state index >= 15 is 0 Å². The van der Waals surface area contributed by atoms with Crippen LogP contribution in [0, 0.1) is 17.5 Å². The predicted octanol–water partition coefficient (Wildman–Crippen LogP) is 6.18. The SMILES string of the molecule is O=C(O)c1c(F)cc(-c2nn(C(=O)c3c(Cl)cccc3C(F)(F)F)c3cccc(F)c23)cc1F. The van der Waals surface area contributed by atoms with Crippen molar-refractivity contribution in [1.82, 2.24) is 9.78 Å². The van der Waals surface area contributed by atoms with Crippen LogP contribution in [0.4, 0.5) is 26.3 Å². The molecule has 174 valence electrons. The third-order valence-electron chi connectivity index (χ3n) is 4.91. The van der Waals surface area contributed by atoms with Crippen LogP contribution in [0.3, 0.4) is 0 Å². The lowest BCUT2D eigenvalue weighted by Crippen LogP contribution is -2.20. The first-order chi connectivity index (χ1) is 15.9. The highest BCUT2D eigenvalue weighted by Gasteiger charge is 2.37. The molecule has 4 rings (SSSR count). The number of carboxylic acids is 1. The van der Waals surface area contributed by atoms with Gasteiger partial charge in [-0.2, -0.15) is 23.0 Å². The first-order valence-corrected chi connectivity index (χ1v) is 9.60. The zero-order chi connectivity index (χ0) is 24.9.